The second-order valence-corrected chi connectivity index (χ2v) is 7.49. The molecule has 1 aliphatic heterocycles. The molecule has 3 aromatic rings. The Kier molecular flexibility index (Phi) is 5.71. The monoisotopic (exact) mass is 400 g/mol. The molecule has 7 heteroatoms. The molecule has 146 valence electrons. The lowest BCUT2D eigenvalue weighted by molar-refractivity contribution is 0.0905. The highest BCUT2D eigenvalue weighted by atomic mass is 35.5. The van der Waals surface area contributed by atoms with Gasteiger partial charge in [-0.15, -0.1) is 0 Å². The molecule has 0 bridgehead atoms. The van der Waals surface area contributed by atoms with Crippen LogP contribution in [0.5, 0.6) is 0 Å². The molecule has 2 aromatic carbocycles. The molecule has 1 aliphatic rings. The molecule has 1 fully saturated rings. The van der Waals surface area contributed by atoms with Gasteiger partial charge in [-0.3, -0.25) is 9.80 Å². The largest absolute Gasteiger partial charge is 0.338 e. The number of rotatable bonds is 5. The fraction of sp³-hybridized carbons (Fsp3) is 0.333. The van der Waals surface area contributed by atoms with Crippen LogP contribution < -0.4 is 0 Å². The summed E-state index contributed by atoms with van der Waals surface area (Å²) in [4.78, 5) is 9.23. The molecule has 0 N–H and O–H groups in total. The van der Waals surface area contributed by atoms with Gasteiger partial charge in [0.05, 0.1) is 6.54 Å². The molecule has 0 spiro atoms. The van der Waals surface area contributed by atoms with Crippen molar-refractivity contribution >= 4 is 11.6 Å². The highest BCUT2D eigenvalue weighted by molar-refractivity contribution is 6.30. The lowest BCUT2D eigenvalue weighted by Crippen LogP contribution is -2.46. The van der Waals surface area contributed by atoms with E-state index >= 15 is 0 Å². The zero-order valence-electron chi connectivity index (χ0n) is 15.7. The summed E-state index contributed by atoms with van der Waals surface area (Å²) in [5.74, 6) is 0.999. The number of halogens is 2. The molecule has 5 nitrogen and oxygen atoms in total. The number of hydrogen-bond donors (Lipinski definition) is 0. The molecule has 2 heterocycles. The second-order valence-electron chi connectivity index (χ2n) is 7.06. The van der Waals surface area contributed by atoms with E-state index in [2.05, 4.69) is 26.9 Å². The maximum absolute atomic E-state index is 13.1. The van der Waals surface area contributed by atoms with Crippen molar-refractivity contribution < 1.29 is 8.91 Å². The minimum absolute atomic E-state index is 0.196. The van der Waals surface area contributed by atoms with E-state index in [0.29, 0.717) is 23.3 Å². The van der Waals surface area contributed by atoms with Crippen molar-refractivity contribution in [2.75, 3.05) is 26.2 Å². The number of aromatic nitrogens is 2. The zero-order chi connectivity index (χ0) is 19.5. The van der Waals surface area contributed by atoms with Crippen molar-refractivity contribution in [1.29, 1.82) is 0 Å². The molecule has 0 radical (unpaired) electrons. The van der Waals surface area contributed by atoms with Crippen molar-refractivity contribution in [2.24, 2.45) is 0 Å². The van der Waals surface area contributed by atoms with E-state index in [1.54, 1.807) is 0 Å². The van der Waals surface area contributed by atoms with Crippen LogP contribution in [0.25, 0.3) is 11.4 Å². The van der Waals surface area contributed by atoms with E-state index in [-0.39, 0.29) is 11.9 Å². The van der Waals surface area contributed by atoms with Crippen LogP contribution in [0, 0.1) is 5.82 Å². The fourth-order valence-electron chi connectivity index (χ4n) is 3.49. The summed E-state index contributed by atoms with van der Waals surface area (Å²) >= 11 is 5.92. The summed E-state index contributed by atoms with van der Waals surface area (Å²) in [7, 11) is 0. The van der Waals surface area contributed by atoms with Gasteiger partial charge in [0.25, 0.3) is 0 Å². The SMILES string of the molecule is C[C@@H](c1ccc(F)cc1)N1CCN(Cc2nc(-c3ccc(Cl)cc3)no2)CC1. The van der Waals surface area contributed by atoms with Crippen LogP contribution in [0.2, 0.25) is 5.02 Å². The average Bonchev–Trinajstić information content (AvgIpc) is 3.18. The van der Waals surface area contributed by atoms with E-state index in [9.17, 15) is 4.39 Å². The van der Waals surface area contributed by atoms with Crippen LogP contribution in [0.3, 0.4) is 0 Å². The summed E-state index contributed by atoms with van der Waals surface area (Å²) in [5, 5.41) is 4.76. The third-order valence-corrected chi connectivity index (χ3v) is 5.49. The van der Waals surface area contributed by atoms with Crippen molar-refractivity contribution in [3.63, 3.8) is 0 Å². The Morgan fingerprint density at radius 3 is 2.39 bits per heavy atom. The minimum atomic E-state index is -0.196. The molecule has 0 saturated carbocycles. The fourth-order valence-corrected chi connectivity index (χ4v) is 3.61. The first-order chi connectivity index (χ1) is 13.6. The minimum Gasteiger partial charge on any atom is -0.338 e. The molecule has 0 aliphatic carbocycles. The highest BCUT2D eigenvalue weighted by Gasteiger charge is 2.23. The molecular weight excluding hydrogens is 379 g/mol. The van der Waals surface area contributed by atoms with Crippen LogP contribution in [-0.2, 0) is 6.54 Å². The molecule has 0 unspecified atom stereocenters. The van der Waals surface area contributed by atoms with Crippen molar-refractivity contribution in [3.05, 3.63) is 70.8 Å². The zero-order valence-corrected chi connectivity index (χ0v) is 16.4. The number of nitrogens with zero attached hydrogens (tertiary/aromatic N) is 4. The number of hydrogen-bond acceptors (Lipinski definition) is 5. The van der Waals surface area contributed by atoms with Gasteiger partial charge in [0.1, 0.15) is 5.82 Å². The topological polar surface area (TPSA) is 45.4 Å². The van der Waals surface area contributed by atoms with Crippen molar-refractivity contribution in [1.82, 2.24) is 19.9 Å². The lowest BCUT2D eigenvalue weighted by atomic mass is 10.1. The predicted octanol–water partition coefficient (Wildman–Crippen LogP) is 4.41. The Balaban J connectivity index is 1.32. The van der Waals surface area contributed by atoms with Gasteiger partial charge in [-0.25, -0.2) is 4.39 Å². The van der Waals surface area contributed by atoms with E-state index in [0.717, 1.165) is 37.3 Å². The maximum Gasteiger partial charge on any atom is 0.241 e. The molecule has 1 aromatic heterocycles. The summed E-state index contributed by atoms with van der Waals surface area (Å²) in [6.07, 6.45) is 0. The van der Waals surface area contributed by atoms with Crippen LogP contribution in [0.15, 0.2) is 53.1 Å². The van der Waals surface area contributed by atoms with Crippen LogP contribution >= 0.6 is 11.6 Å². The molecule has 0 amide bonds. The molecule has 1 saturated heterocycles. The number of benzene rings is 2. The van der Waals surface area contributed by atoms with E-state index in [1.165, 1.54) is 12.1 Å². The summed E-state index contributed by atoms with van der Waals surface area (Å²) in [5.41, 5.74) is 2.02. The van der Waals surface area contributed by atoms with Gasteiger partial charge >= 0.3 is 0 Å². The molecule has 1 atom stereocenters. The molecule has 4 rings (SSSR count). The van der Waals surface area contributed by atoms with E-state index in [1.807, 2.05) is 36.4 Å². The Labute approximate surface area is 168 Å². The average molecular weight is 401 g/mol. The van der Waals surface area contributed by atoms with Gasteiger partial charge in [-0.05, 0) is 48.9 Å². The van der Waals surface area contributed by atoms with Gasteiger partial charge in [-0.1, -0.05) is 28.9 Å². The van der Waals surface area contributed by atoms with E-state index < -0.39 is 0 Å². The quantitative estimate of drug-likeness (QED) is 0.634. The van der Waals surface area contributed by atoms with Crippen molar-refractivity contribution in [3.8, 4) is 11.4 Å². The molecule has 28 heavy (non-hydrogen) atoms. The normalized spacial score (nSPS) is 17.0. The smallest absolute Gasteiger partial charge is 0.241 e. The summed E-state index contributed by atoms with van der Waals surface area (Å²) in [6.45, 7) is 6.53. The first kappa shape index (κ1) is 19.1. The third-order valence-electron chi connectivity index (χ3n) is 5.24. The predicted molar refractivity (Wildman–Crippen MR) is 106 cm³/mol. The van der Waals surface area contributed by atoms with Gasteiger partial charge < -0.3 is 4.52 Å². The highest BCUT2D eigenvalue weighted by Crippen LogP contribution is 2.23. The first-order valence-electron chi connectivity index (χ1n) is 9.39. The molecular formula is C21H22ClFN4O. The standard InChI is InChI=1S/C21H22ClFN4O/c1-15(16-4-8-19(23)9-5-16)27-12-10-26(11-13-27)14-20-24-21(25-28-20)17-2-6-18(22)7-3-17/h2-9,15H,10-14H2,1H3/t15-/m0/s1. The van der Waals surface area contributed by atoms with Crippen molar-refractivity contribution in [2.45, 2.75) is 19.5 Å². The van der Waals surface area contributed by atoms with Crippen LogP contribution in [0.1, 0.15) is 24.4 Å². The van der Waals surface area contributed by atoms with Gasteiger partial charge in [-0.2, -0.15) is 4.98 Å². The summed E-state index contributed by atoms with van der Waals surface area (Å²) < 4.78 is 18.6. The van der Waals surface area contributed by atoms with Crippen LogP contribution in [-0.4, -0.2) is 46.1 Å². The van der Waals surface area contributed by atoms with E-state index in [4.69, 9.17) is 16.1 Å². The Hall–Kier alpha value is -2.28. The van der Waals surface area contributed by atoms with Crippen LogP contribution in [0.4, 0.5) is 4.39 Å². The first-order valence-corrected chi connectivity index (χ1v) is 9.77. The Morgan fingerprint density at radius 1 is 1.04 bits per heavy atom. The Bertz CT molecular complexity index is 905. The number of piperazine rings is 1. The second kappa shape index (κ2) is 8.39. The van der Waals surface area contributed by atoms with Gasteiger partial charge in [0, 0.05) is 42.8 Å². The van der Waals surface area contributed by atoms with Gasteiger partial charge in [0.2, 0.25) is 11.7 Å². The summed E-state index contributed by atoms with van der Waals surface area (Å²) in [6, 6.07) is 14.4. The maximum atomic E-state index is 13.1. The Morgan fingerprint density at radius 2 is 1.71 bits per heavy atom. The lowest BCUT2D eigenvalue weighted by Gasteiger charge is -2.37. The van der Waals surface area contributed by atoms with Gasteiger partial charge in [0.15, 0.2) is 0 Å². The third kappa shape index (κ3) is 4.41.